The molecule has 3 aliphatic heterocycles. The van der Waals surface area contributed by atoms with E-state index in [0.717, 1.165) is 70.0 Å². The second kappa shape index (κ2) is 48.3. The predicted molar refractivity (Wildman–Crippen MR) is 522 cm³/mol. The number of aryl methyl sites for hydroxylation is 3. The maximum Gasteiger partial charge on any atom is 0.318 e. The maximum absolute atomic E-state index is 15.8. The van der Waals surface area contributed by atoms with Gasteiger partial charge in [0.1, 0.15) is 49.2 Å². The Hall–Kier alpha value is -13.9. The summed E-state index contributed by atoms with van der Waals surface area (Å²) in [5, 5.41) is 46.5. The molecule has 3 fully saturated rings. The molecule has 3 amide bonds. The summed E-state index contributed by atoms with van der Waals surface area (Å²) in [5.74, 6) is -21.3. The molecule has 3 aliphatic rings. The minimum atomic E-state index is -4.57. The highest BCUT2D eigenvalue weighted by Gasteiger charge is 2.56. The monoisotopic (exact) mass is 1980 g/mol. The lowest BCUT2D eigenvalue weighted by atomic mass is 9.66. The van der Waals surface area contributed by atoms with Crippen LogP contribution >= 0.6 is 0 Å². The Morgan fingerprint density at radius 2 is 0.773 bits per heavy atom. The zero-order chi connectivity index (χ0) is 102. The van der Waals surface area contributed by atoms with Gasteiger partial charge in [-0.1, -0.05) is 239 Å². The number of amides is 3. The molecular weight excluding hydrogens is 1870 g/mol. The number of carbonyl (C=O) groups excluding carboxylic acids is 10. The van der Waals surface area contributed by atoms with Crippen molar-refractivity contribution in [2.24, 2.45) is 53.1 Å². The number of ether oxygens (including phenoxy) is 5. The number of imide groups is 1. The van der Waals surface area contributed by atoms with Crippen LogP contribution in [-0.2, 0) is 77.9 Å². The van der Waals surface area contributed by atoms with Crippen molar-refractivity contribution in [2.45, 2.75) is 132 Å². The summed E-state index contributed by atoms with van der Waals surface area (Å²) in [5.41, 5.74) is 10.7. The number of carbonyl (C=O) groups is 11. The fraction of sp³-hybridized carbons (Fsp3) is 0.330. The Kier molecular flexibility index (Phi) is 36.8. The Morgan fingerprint density at radius 1 is 0.426 bits per heavy atom. The summed E-state index contributed by atoms with van der Waals surface area (Å²) in [6.45, 7) is 11.9. The number of phenolic OH excluding ortho intramolecular Hbond substituents is 3. The van der Waals surface area contributed by atoms with Crippen LogP contribution in [0.25, 0.3) is 0 Å². The van der Waals surface area contributed by atoms with Crippen LogP contribution in [0, 0.1) is 68.1 Å². The first kappa shape index (κ1) is 107. The highest BCUT2D eigenvalue weighted by Crippen LogP contribution is 2.51. The summed E-state index contributed by atoms with van der Waals surface area (Å²) in [4.78, 5) is 151. The molecule has 744 valence electrons. The molecule has 13 rings (SSSR count). The van der Waals surface area contributed by atoms with Crippen molar-refractivity contribution in [1.82, 2.24) is 24.4 Å². The van der Waals surface area contributed by atoms with Gasteiger partial charge in [0.15, 0.2) is 17.3 Å². The number of sulfonamides is 3. The molecule has 0 bridgehead atoms. The third kappa shape index (κ3) is 25.6. The minimum Gasteiger partial charge on any atom is -0.507 e. The number of nitrogens with one attached hydrogen (secondary N) is 4. The standard InChI is InChI=1S/C74H78N4O18S2.C18H22N2O5S.C14H16O3/c1-7-51(46-19-11-8-12-20-46)65(69(83)75-33-17-34-76-97(90,91)62-39-54(58(79)41-60(62)94-5)67(81)49-29-25-43(2)26-30-49)57(72(86)87)38-53(48-23-15-10-16-24-48)66-56(37-52(47-21-13-9-14-22-47)64-45(4)73(88)96-74(64)89)70(84)78(71(66)85)36-18-35-77-98(92,93)63-40-55(59(80)42-61(63)95-6)68(82)50-31-27-44(3)28-32-50;1-12-4-6-13(7-5-12)18(22)14-10-17(16(25-2)11-15(14)21)26(23,24)20-9-3-8-19;1-3-11(10-7-5-4-6-8-10)12-9(2)13(15)17-14(12)16/h8-16,19-32,39-42,45,51-53,56-57,64-66,76-77,79-80H,7,17-18,33-38H2,1-6H3,(H,75,83)(H,86,87);4-7,10-11,20-21H,3,8-9,19H2,1-2H3;4-9,11-12H,3H2,1-2H3. The largest absolute Gasteiger partial charge is 0.507 e. The molecule has 12 atom stereocenters. The number of carboxylic acids is 1. The van der Waals surface area contributed by atoms with Crippen LogP contribution in [0.4, 0.5) is 0 Å². The molecule has 0 aromatic heterocycles. The molecule has 0 saturated carbocycles. The number of ketones is 3. The second-order valence-electron chi connectivity index (χ2n) is 34.9. The molecule has 10 aromatic rings. The molecule has 12 unspecified atom stereocenters. The number of phenols is 3. The number of likely N-dealkylation sites (tertiary alicyclic amines) is 1. The molecule has 35 heteroatoms. The number of hydrogen-bond donors (Lipinski definition) is 9. The molecule has 0 radical (unpaired) electrons. The van der Waals surface area contributed by atoms with Crippen molar-refractivity contribution in [3.63, 3.8) is 0 Å². The molecule has 3 saturated heterocycles. The lowest BCUT2D eigenvalue weighted by Gasteiger charge is -2.35. The van der Waals surface area contributed by atoms with Crippen LogP contribution in [0.5, 0.6) is 34.5 Å². The Bertz CT molecular complexity index is 6580. The third-order valence-corrected chi connectivity index (χ3v) is 30.2. The first-order valence-corrected chi connectivity index (χ1v) is 50.5. The molecule has 0 aliphatic carbocycles. The molecule has 0 spiro atoms. The number of aromatic hydroxyl groups is 3. The molecule has 10 aromatic carbocycles. The van der Waals surface area contributed by atoms with E-state index >= 15 is 14.4 Å². The average Bonchev–Trinajstić information content (AvgIpc) is 1.60. The summed E-state index contributed by atoms with van der Waals surface area (Å²) in [6, 6.07) is 61.6. The van der Waals surface area contributed by atoms with Crippen molar-refractivity contribution in [3.05, 3.63) is 303 Å². The topological polar surface area (TPSA) is 495 Å². The van der Waals surface area contributed by atoms with E-state index in [0.29, 0.717) is 35.2 Å². The predicted octanol–water partition coefficient (Wildman–Crippen LogP) is 13.2. The summed E-state index contributed by atoms with van der Waals surface area (Å²) in [6.07, 6.45) is 0.604. The third-order valence-electron chi connectivity index (χ3n) is 25.8. The molecule has 3 heterocycles. The van der Waals surface area contributed by atoms with Crippen LogP contribution in [0.2, 0.25) is 0 Å². The van der Waals surface area contributed by atoms with Crippen LogP contribution in [0.15, 0.2) is 245 Å². The van der Waals surface area contributed by atoms with Gasteiger partial charge in [-0.25, -0.2) is 39.4 Å². The van der Waals surface area contributed by atoms with Gasteiger partial charge < -0.3 is 55.2 Å². The number of aliphatic carboxylic acids is 1. The number of carboxylic acid groups (broad SMARTS) is 1. The highest BCUT2D eigenvalue weighted by atomic mass is 32.2. The average molecular weight is 1990 g/mol. The van der Waals surface area contributed by atoms with Crippen molar-refractivity contribution in [1.29, 1.82) is 0 Å². The lowest BCUT2D eigenvalue weighted by Crippen LogP contribution is -2.43. The number of methoxy groups -OCH3 is 3. The quantitative estimate of drug-likeness (QED) is 0.00563. The van der Waals surface area contributed by atoms with E-state index in [2.05, 4.69) is 19.5 Å². The number of hydrogen-bond acceptors (Lipinski definition) is 26. The van der Waals surface area contributed by atoms with Gasteiger partial charge in [-0.15, -0.1) is 0 Å². The lowest BCUT2D eigenvalue weighted by molar-refractivity contribution is -0.155. The van der Waals surface area contributed by atoms with E-state index in [1.807, 2.05) is 58.0 Å². The van der Waals surface area contributed by atoms with Crippen molar-refractivity contribution in [3.8, 4) is 34.5 Å². The van der Waals surface area contributed by atoms with E-state index in [9.17, 15) is 84.0 Å². The van der Waals surface area contributed by atoms with Crippen LogP contribution < -0.4 is 39.4 Å². The van der Waals surface area contributed by atoms with Gasteiger partial charge in [0.25, 0.3) is 0 Å². The smallest absolute Gasteiger partial charge is 0.318 e. The molecule has 10 N–H and O–H groups in total. The minimum absolute atomic E-state index is 0.0415. The fourth-order valence-corrected chi connectivity index (χ4v) is 22.0. The number of nitrogens with two attached hydrogens (primary N) is 1. The normalized spacial score (nSPS) is 17.7. The Morgan fingerprint density at radius 3 is 1.11 bits per heavy atom. The van der Waals surface area contributed by atoms with Gasteiger partial charge in [0.05, 0.1) is 85.4 Å². The van der Waals surface area contributed by atoms with Crippen LogP contribution in [0.1, 0.15) is 183 Å². The number of rotatable bonds is 43. The highest BCUT2D eigenvalue weighted by molar-refractivity contribution is 7.90. The molecular formula is C106H116N6O26S3. The van der Waals surface area contributed by atoms with E-state index in [1.54, 1.807) is 166 Å². The van der Waals surface area contributed by atoms with E-state index in [-0.39, 0.29) is 131 Å². The second-order valence-corrected chi connectivity index (χ2v) is 40.1. The SMILES string of the molecule is CCC(c1ccccc1)C(C(=O)NCCCNS(=O)(=O)c1cc(C(=O)c2ccc(C)cc2)c(O)cc1OC)C(CC(c1ccccc1)C1C(=O)N(CCCNS(=O)(=O)c2cc(C(=O)c3ccc(C)cc3)c(O)cc2OC)C(=O)C1CC(c1ccccc1)C1C(=O)OC(=O)C1C)C(=O)O.CCC(c1ccccc1)C1C(=O)OC(=O)C1C.COc1cc(O)c(C(=O)c2ccc(C)cc2)cc1S(=O)(=O)NCCCN. The van der Waals surface area contributed by atoms with Gasteiger partial charge in [-0.2, -0.15) is 0 Å². The van der Waals surface area contributed by atoms with Gasteiger partial charge in [-0.05, 0) is 136 Å². The first-order valence-electron chi connectivity index (χ1n) is 46.1. The van der Waals surface area contributed by atoms with Crippen LogP contribution in [0.3, 0.4) is 0 Å². The zero-order valence-corrected chi connectivity index (χ0v) is 82.0. The zero-order valence-electron chi connectivity index (χ0n) is 79.6. The summed E-state index contributed by atoms with van der Waals surface area (Å²) >= 11 is 0. The van der Waals surface area contributed by atoms with Gasteiger partial charge in [0, 0.05) is 67.6 Å². The maximum atomic E-state index is 15.8. The Balaban J connectivity index is 0.000000358. The molecule has 141 heavy (non-hydrogen) atoms. The van der Waals surface area contributed by atoms with E-state index in [1.165, 1.54) is 40.4 Å². The van der Waals surface area contributed by atoms with E-state index < -0.39 is 177 Å². The van der Waals surface area contributed by atoms with Gasteiger partial charge >= 0.3 is 29.8 Å². The van der Waals surface area contributed by atoms with Gasteiger partial charge in [0.2, 0.25) is 47.8 Å². The Labute approximate surface area is 819 Å². The van der Waals surface area contributed by atoms with Crippen LogP contribution in [-0.4, -0.2) is 176 Å². The number of nitrogens with zero attached hydrogens (tertiary/aromatic N) is 1. The van der Waals surface area contributed by atoms with Crippen molar-refractivity contribution >= 4 is 95.0 Å². The van der Waals surface area contributed by atoms with E-state index in [4.69, 9.17) is 29.4 Å². The van der Waals surface area contributed by atoms with Gasteiger partial charge in [-0.3, -0.25) is 57.6 Å². The summed E-state index contributed by atoms with van der Waals surface area (Å²) < 4.78 is 114. The van der Waals surface area contributed by atoms with Crippen molar-refractivity contribution in [2.75, 3.05) is 60.6 Å². The number of benzene rings is 10. The summed E-state index contributed by atoms with van der Waals surface area (Å²) in [7, 11) is -9.31. The number of esters is 4. The van der Waals surface area contributed by atoms with Crippen molar-refractivity contribution < 1.29 is 122 Å². The fourth-order valence-electron chi connectivity index (χ4n) is 18.2. The molecule has 32 nitrogen and oxygen atoms in total. The number of cyclic esters (lactones) is 4. The first-order chi connectivity index (χ1) is 67.2.